The highest BCUT2D eigenvalue weighted by atomic mass is 16.2. The molecule has 3 rings (SSSR count). The average molecular weight is 358 g/mol. The van der Waals surface area contributed by atoms with E-state index in [4.69, 9.17) is 5.73 Å². The van der Waals surface area contributed by atoms with Gasteiger partial charge in [0.25, 0.3) is 0 Å². The molecule has 0 spiro atoms. The molecular formula is C20H30N4O2. The Hall–Kier alpha value is -2.08. The van der Waals surface area contributed by atoms with E-state index in [1.165, 1.54) is 12.8 Å². The first-order valence-electron chi connectivity index (χ1n) is 9.62. The largest absolute Gasteiger partial charge is 0.354 e. The van der Waals surface area contributed by atoms with Gasteiger partial charge in [-0.1, -0.05) is 30.3 Å². The molecule has 6 nitrogen and oxygen atoms in total. The van der Waals surface area contributed by atoms with Crippen molar-refractivity contribution in [2.45, 2.75) is 38.3 Å². The van der Waals surface area contributed by atoms with Crippen molar-refractivity contribution in [1.82, 2.24) is 15.1 Å². The lowest BCUT2D eigenvalue weighted by atomic mass is 9.96. The van der Waals surface area contributed by atoms with E-state index in [0.717, 1.165) is 18.4 Å². The maximum atomic E-state index is 12.6. The molecule has 2 fully saturated rings. The highest BCUT2D eigenvalue weighted by molar-refractivity contribution is 5.79. The molecule has 1 aliphatic heterocycles. The number of benzene rings is 1. The molecule has 0 radical (unpaired) electrons. The van der Waals surface area contributed by atoms with Gasteiger partial charge >= 0.3 is 6.03 Å². The Morgan fingerprint density at radius 1 is 1.19 bits per heavy atom. The fourth-order valence-electron chi connectivity index (χ4n) is 3.55. The molecule has 3 amide bonds. The summed E-state index contributed by atoms with van der Waals surface area (Å²) in [4.78, 5) is 28.5. The topological polar surface area (TPSA) is 78.7 Å². The second-order valence-electron chi connectivity index (χ2n) is 7.63. The number of rotatable bonds is 6. The van der Waals surface area contributed by atoms with Crippen molar-refractivity contribution in [1.29, 1.82) is 0 Å². The Labute approximate surface area is 155 Å². The van der Waals surface area contributed by atoms with Gasteiger partial charge < -0.3 is 20.9 Å². The average Bonchev–Trinajstić information content (AvgIpc) is 3.51. The normalized spacial score (nSPS) is 19.1. The number of nitrogens with zero attached hydrogens (tertiary/aromatic N) is 2. The maximum absolute atomic E-state index is 12.6. The zero-order valence-electron chi connectivity index (χ0n) is 15.6. The number of hydrogen-bond donors (Lipinski definition) is 2. The predicted octanol–water partition coefficient (Wildman–Crippen LogP) is 1.80. The predicted molar refractivity (Wildman–Crippen MR) is 101 cm³/mol. The summed E-state index contributed by atoms with van der Waals surface area (Å²) in [5, 5.41) is 3.00. The minimum Gasteiger partial charge on any atom is -0.354 e. The first kappa shape index (κ1) is 18.7. The Morgan fingerprint density at radius 3 is 2.46 bits per heavy atom. The third kappa shape index (κ3) is 4.97. The van der Waals surface area contributed by atoms with Gasteiger partial charge in [-0.25, -0.2) is 4.79 Å². The van der Waals surface area contributed by atoms with Crippen LogP contribution < -0.4 is 11.1 Å². The molecule has 0 bridgehead atoms. The SMILES string of the molecule is CN(Cc1ccccc1)C(=O)N1CCC(C(=O)NCC(N)C2CC2)CC1. The number of hydrogen-bond acceptors (Lipinski definition) is 3. The molecule has 1 aromatic carbocycles. The van der Waals surface area contributed by atoms with Crippen LogP contribution in [0.4, 0.5) is 4.79 Å². The van der Waals surface area contributed by atoms with Crippen molar-refractivity contribution in [3.63, 3.8) is 0 Å². The number of carbonyl (C=O) groups is 2. The molecule has 1 unspecified atom stereocenters. The van der Waals surface area contributed by atoms with Crippen LogP contribution in [0.1, 0.15) is 31.2 Å². The minimum absolute atomic E-state index is 0.00937. The van der Waals surface area contributed by atoms with Gasteiger partial charge in [-0.05, 0) is 37.2 Å². The Balaban J connectivity index is 1.40. The summed E-state index contributed by atoms with van der Waals surface area (Å²) >= 11 is 0. The zero-order chi connectivity index (χ0) is 18.5. The lowest BCUT2D eigenvalue weighted by molar-refractivity contribution is -0.126. The summed E-state index contributed by atoms with van der Waals surface area (Å²) < 4.78 is 0. The first-order chi connectivity index (χ1) is 12.5. The molecule has 1 aromatic rings. The Bertz CT molecular complexity index is 609. The van der Waals surface area contributed by atoms with Crippen LogP contribution in [0, 0.1) is 11.8 Å². The number of piperidine rings is 1. The van der Waals surface area contributed by atoms with Gasteiger partial charge in [-0.15, -0.1) is 0 Å². The molecule has 1 saturated heterocycles. The molecule has 1 heterocycles. The van der Waals surface area contributed by atoms with E-state index in [1.54, 1.807) is 4.90 Å². The monoisotopic (exact) mass is 358 g/mol. The quantitative estimate of drug-likeness (QED) is 0.814. The Kier molecular flexibility index (Phi) is 6.14. The second kappa shape index (κ2) is 8.54. The third-order valence-corrected chi connectivity index (χ3v) is 5.46. The van der Waals surface area contributed by atoms with Crippen LogP contribution in [0.5, 0.6) is 0 Å². The fraction of sp³-hybridized carbons (Fsp3) is 0.600. The van der Waals surface area contributed by atoms with Crippen molar-refractivity contribution in [3.8, 4) is 0 Å². The number of amides is 3. The van der Waals surface area contributed by atoms with Gasteiger partial charge in [0.05, 0.1) is 0 Å². The lowest BCUT2D eigenvalue weighted by Crippen LogP contribution is -2.48. The van der Waals surface area contributed by atoms with Crippen molar-refractivity contribution in [3.05, 3.63) is 35.9 Å². The zero-order valence-corrected chi connectivity index (χ0v) is 15.6. The Morgan fingerprint density at radius 2 is 1.85 bits per heavy atom. The summed E-state index contributed by atoms with van der Waals surface area (Å²) in [5.74, 6) is 0.672. The van der Waals surface area contributed by atoms with Gasteiger partial charge in [-0.3, -0.25) is 4.79 Å². The van der Waals surface area contributed by atoms with E-state index < -0.39 is 0 Å². The summed E-state index contributed by atoms with van der Waals surface area (Å²) in [6.07, 6.45) is 3.81. The molecule has 6 heteroatoms. The smallest absolute Gasteiger partial charge is 0.320 e. The number of nitrogens with two attached hydrogens (primary N) is 1. The van der Waals surface area contributed by atoms with Crippen molar-refractivity contribution >= 4 is 11.9 Å². The van der Waals surface area contributed by atoms with E-state index in [1.807, 2.05) is 42.3 Å². The van der Waals surface area contributed by atoms with E-state index >= 15 is 0 Å². The summed E-state index contributed by atoms with van der Waals surface area (Å²) in [6, 6.07) is 10.1. The van der Waals surface area contributed by atoms with Crippen molar-refractivity contribution < 1.29 is 9.59 Å². The highest BCUT2D eigenvalue weighted by Gasteiger charge is 2.31. The molecule has 2 aliphatic rings. The highest BCUT2D eigenvalue weighted by Crippen LogP contribution is 2.31. The standard InChI is InChI=1S/C20H30N4O2/c1-23(14-15-5-3-2-4-6-15)20(26)24-11-9-17(10-12-24)19(25)22-13-18(21)16-7-8-16/h2-6,16-18H,7-14,21H2,1H3,(H,22,25). The summed E-state index contributed by atoms with van der Waals surface area (Å²) in [7, 11) is 1.83. The van der Waals surface area contributed by atoms with Crippen LogP contribution in [-0.4, -0.2) is 54.5 Å². The van der Waals surface area contributed by atoms with Gasteiger partial charge in [0.15, 0.2) is 0 Å². The molecule has 1 saturated carbocycles. The second-order valence-corrected chi connectivity index (χ2v) is 7.63. The minimum atomic E-state index is -0.00937. The van der Waals surface area contributed by atoms with Gasteiger partial charge in [-0.2, -0.15) is 0 Å². The summed E-state index contributed by atoms with van der Waals surface area (Å²) in [5.41, 5.74) is 7.16. The molecule has 1 aliphatic carbocycles. The maximum Gasteiger partial charge on any atom is 0.320 e. The van der Waals surface area contributed by atoms with Crippen LogP contribution in [0.15, 0.2) is 30.3 Å². The van der Waals surface area contributed by atoms with Crippen molar-refractivity contribution in [2.24, 2.45) is 17.6 Å². The van der Waals surface area contributed by atoms with Crippen molar-refractivity contribution in [2.75, 3.05) is 26.7 Å². The number of likely N-dealkylation sites (tertiary alicyclic amines) is 1. The van der Waals surface area contributed by atoms with E-state index in [-0.39, 0.29) is 23.9 Å². The third-order valence-electron chi connectivity index (χ3n) is 5.46. The molecule has 142 valence electrons. The van der Waals surface area contributed by atoms with Gasteiger partial charge in [0, 0.05) is 45.2 Å². The van der Waals surface area contributed by atoms with Gasteiger partial charge in [0.1, 0.15) is 0 Å². The van der Waals surface area contributed by atoms with Crippen LogP contribution in [0.25, 0.3) is 0 Å². The van der Waals surface area contributed by atoms with E-state index in [9.17, 15) is 9.59 Å². The molecule has 1 atom stereocenters. The first-order valence-corrected chi connectivity index (χ1v) is 9.62. The summed E-state index contributed by atoms with van der Waals surface area (Å²) in [6.45, 7) is 2.43. The van der Waals surface area contributed by atoms with E-state index in [2.05, 4.69) is 5.32 Å². The van der Waals surface area contributed by atoms with Crippen LogP contribution >= 0.6 is 0 Å². The molecule has 3 N–H and O–H groups in total. The van der Waals surface area contributed by atoms with Crippen LogP contribution in [0.3, 0.4) is 0 Å². The van der Waals surface area contributed by atoms with E-state index in [0.29, 0.717) is 32.1 Å². The molecular weight excluding hydrogens is 328 g/mol. The fourth-order valence-corrected chi connectivity index (χ4v) is 3.55. The van der Waals surface area contributed by atoms with Crippen LogP contribution in [0.2, 0.25) is 0 Å². The number of carbonyl (C=O) groups excluding carboxylic acids is 2. The number of nitrogens with one attached hydrogen (secondary N) is 1. The number of urea groups is 1. The van der Waals surface area contributed by atoms with Crippen LogP contribution in [-0.2, 0) is 11.3 Å². The molecule has 26 heavy (non-hydrogen) atoms. The van der Waals surface area contributed by atoms with Gasteiger partial charge in [0.2, 0.25) is 5.91 Å². The molecule has 0 aromatic heterocycles. The lowest BCUT2D eigenvalue weighted by Gasteiger charge is -2.34.